The predicted molar refractivity (Wildman–Crippen MR) is 68.0 cm³/mol. The van der Waals surface area contributed by atoms with E-state index in [0.29, 0.717) is 5.57 Å². The zero-order valence-corrected chi connectivity index (χ0v) is 10.2. The minimum absolute atomic E-state index is 0.0273. The molecule has 0 spiro atoms. The molecule has 88 valence electrons. The summed E-state index contributed by atoms with van der Waals surface area (Å²) in [5.74, 6) is 0.792. The number of hydrogen-bond donors (Lipinski definition) is 0. The number of ether oxygens (including phenoxy) is 1. The van der Waals surface area contributed by atoms with Gasteiger partial charge in [0.25, 0.3) is 0 Å². The van der Waals surface area contributed by atoms with Crippen molar-refractivity contribution in [3.05, 3.63) is 40.4 Å². The molecule has 0 radical (unpaired) electrons. The molecule has 0 atom stereocenters. The maximum Gasteiger partial charge on any atom is 0.187 e. The summed E-state index contributed by atoms with van der Waals surface area (Å²) in [6, 6.07) is 5.73. The lowest BCUT2D eigenvalue weighted by Crippen LogP contribution is -2.30. The van der Waals surface area contributed by atoms with Gasteiger partial charge in [0.1, 0.15) is 5.75 Å². The van der Waals surface area contributed by atoms with Crippen molar-refractivity contribution in [1.29, 1.82) is 0 Å². The molecule has 0 bridgehead atoms. The highest BCUT2D eigenvalue weighted by Gasteiger charge is 2.09. The number of allylic oxidation sites excluding steroid dienone is 1. The molecule has 0 heterocycles. The molecule has 2 rings (SSSR count). The first-order valence-corrected chi connectivity index (χ1v) is 5.40. The fraction of sp³-hybridized carbons (Fsp3) is 0.214. The van der Waals surface area contributed by atoms with E-state index in [1.165, 1.54) is 0 Å². The standard InChI is InChI=1S/C14H15NO2/c1-15(2)9-12-6-10-4-5-13(17-3)7-11(10)8-14(12)16/h4-9H,1-3H3. The van der Waals surface area contributed by atoms with E-state index in [1.807, 2.05) is 49.5 Å². The Morgan fingerprint density at radius 2 is 1.94 bits per heavy atom. The maximum absolute atomic E-state index is 11.9. The highest BCUT2D eigenvalue weighted by molar-refractivity contribution is 6.22. The average molecular weight is 229 g/mol. The minimum atomic E-state index is 0.0273. The van der Waals surface area contributed by atoms with E-state index in [9.17, 15) is 4.79 Å². The van der Waals surface area contributed by atoms with E-state index < -0.39 is 0 Å². The third-order valence-corrected chi connectivity index (χ3v) is 2.57. The number of carbonyl (C=O) groups is 1. The fourth-order valence-corrected chi connectivity index (χ4v) is 1.78. The Morgan fingerprint density at radius 3 is 2.59 bits per heavy atom. The molecule has 0 aromatic heterocycles. The van der Waals surface area contributed by atoms with E-state index in [4.69, 9.17) is 4.74 Å². The van der Waals surface area contributed by atoms with Crippen LogP contribution in [-0.4, -0.2) is 31.9 Å². The summed E-state index contributed by atoms with van der Waals surface area (Å²) in [4.78, 5) is 13.7. The molecule has 0 aliphatic heterocycles. The van der Waals surface area contributed by atoms with E-state index in [2.05, 4.69) is 0 Å². The quantitative estimate of drug-likeness (QED) is 0.682. The molecule has 17 heavy (non-hydrogen) atoms. The number of benzene rings is 1. The molecule has 0 N–H and O–H groups in total. The van der Waals surface area contributed by atoms with E-state index >= 15 is 0 Å². The van der Waals surface area contributed by atoms with Gasteiger partial charge in [-0.05, 0) is 34.7 Å². The molecule has 0 saturated heterocycles. The Kier molecular flexibility index (Phi) is 3.00. The molecule has 0 amide bonds. The normalized spacial score (nSPS) is 15.9. The van der Waals surface area contributed by atoms with Crippen LogP contribution in [0.2, 0.25) is 0 Å². The molecule has 1 aromatic carbocycles. The lowest BCUT2D eigenvalue weighted by molar-refractivity contribution is -0.109. The Bertz CT molecular complexity index is 597. The molecule has 1 aliphatic carbocycles. The summed E-state index contributed by atoms with van der Waals surface area (Å²) >= 11 is 0. The number of Topliss-reactive ketones (excluding diaryl/α,β-unsaturated/α-hetero) is 1. The predicted octanol–water partition coefficient (Wildman–Crippen LogP) is 0.284. The van der Waals surface area contributed by atoms with Crippen molar-refractivity contribution in [3.63, 3.8) is 0 Å². The zero-order valence-electron chi connectivity index (χ0n) is 10.2. The Labute approximate surface area is 100 Å². The van der Waals surface area contributed by atoms with Crippen molar-refractivity contribution in [2.75, 3.05) is 21.2 Å². The van der Waals surface area contributed by atoms with Crippen molar-refractivity contribution in [3.8, 4) is 5.75 Å². The second kappa shape index (κ2) is 4.45. The van der Waals surface area contributed by atoms with Crippen LogP contribution in [0.4, 0.5) is 0 Å². The number of nitrogens with zero attached hydrogens (tertiary/aromatic N) is 1. The Hall–Kier alpha value is -2.03. The van der Waals surface area contributed by atoms with E-state index in [1.54, 1.807) is 13.2 Å². The van der Waals surface area contributed by atoms with Crippen molar-refractivity contribution in [1.82, 2.24) is 4.90 Å². The van der Waals surface area contributed by atoms with E-state index in [0.717, 1.165) is 16.2 Å². The molecule has 0 fully saturated rings. The van der Waals surface area contributed by atoms with Gasteiger partial charge in [-0.15, -0.1) is 0 Å². The number of rotatable bonds is 2. The molecule has 0 unspecified atom stereocenters. The van der Waals surface area contributed by atoms with Gasteiger partial charge in [0, 0.05) is 25.9 Å². The van der Waals surface area contributed by atoms with Crippen molar-refractivity contribution in [2.45, 2.75) is 0 Å². The summed E-state index contributed by atoms with van der Waals surface area (Å²) in [5, 5.41) is 1.95. The third kappa shape index (κ3) is 2.38. The number of hydrogen-bond acceptors (Lipinski definition) is 3. The van der Waals surface area contributed by atoms with Gasteiger partial charge < -0.3 is 9.64 Å². The van der Waals surface area contributed by atoms with Gasteiger partial charge in [-0.25, -0.2) is 0 Å². The van der Waals surface area contributed by atoms with Crippen LogP contribution < -0.4 is 15.2 Å². The van der Waals surface area contributed by atoms with E-state index in [-0.39, 0.29) is 5.78 Å². The molecule has 1 aliphatic rings. The number of methoxy groups -OCH3 is 1. The van der Waals surface area contributed by atoms with Gasteiger partial charge in [0.15, 0.2) is 5.78 Å². The molecular formula is C14H15NO2. The summed E-state index contributed by atoms with van der Waals surface area (Å²) in [5.41, 5.74) is 0.702. The summed E-state index contributed by atoms with van der Waals surface area (Å²) in [7, 11) is 5.42. The van der Waals surface area contributed by atoms with Crippen molar-refractivity contribution >= 4 is 17.9 Å². The maximum atomic E-state index is 11.9. The first kappa shape index (κ1) is 11.5. The summed E-state index contributed by atoms with van der Waals surface area (Å²) in [6.07, 6.45) is 5.37. The minimum Gasteiger partial charge on any atom is -0.497 e. The van der Waals surface area contributed by atoms with Gasteiger partial charge in [0.2, 0.25) is 0 Å². The Morgan fingerprint density at radius 1 is 1.18 bits per heavy atom. The monoisotopic (exact) mass is 229 g/mol. The molecular weight excluding hydrogens is 214 g/mol. The third-order valence-electron chi connectivity index (χ3n) is 2.57. The second-order valence-corrected chi connectivity index (χ2v) is 4.20. The lowest BCUT2D eigenvalue weighted by atomic mass is 10.0. The lowest BCUT2D eigenvalue weighted by Gasteiger charge is -2.09. The zero-order chi connectivity index (χ0) is 12.4. The topological polar surface area (TPSA) is 29.5 Å². The molecule has 3 heteroatoms. The van der Waals surface area contributed by atoms with Gasteiger partial charge in [0.05, 0.1) is 7.11 Å². The Balaban J connectivity index is 2.58. The highest BCUT2D eigenvalue weighted by atomic mass is 16.5. The average Bonchev–Trinajstić information content (AvgIpc) is 2.29. The van der Waals surface area contributed by atoms with Gasteiger partial charge in [-0.1, -0.05) is 6.07 Å². The van der Waals surface area contributed by atoms with Crippen LogP contribution in [0.5, 0.6) is 5.75 Å². The van der Waals surface area contributed by atoms with Crippen LogP contribution >= 0.6 is 0 Å². The SMILES string of the molecule is COc1ccc2c(c1)=CC(=O)C(=CN(C)C)C=2. The number of fused-ring (bicyclic) bond motifs is 1. The van der Waals surface area contributed by atoms with Crippen LogP contribution in [-0.2, 0) is 4.79 Å². The van der Waals surface area contributed by atoms with Crippen LogP contribution in [0, 0.1) is 0 Å². The summed E-state index contributed by atoms with van der Waals surface area (Å²) < 4.78 is 5.14. The molecule has 3 nitrogen and oxygen atoms in total. The number of ketones is 1. The summed E-state index contributed by atoms with van der Waals surface area (Å²) in [6.45, 7) is 0. The van der Waals surface area contributed by atoms with Crippen LogP contribution in [0.3, 0.4) is 0 Å². The van der Waals surface area contributed by atoms with Crippen molar-refractivity contribution in [2.24, 2.45) is 0 Å². The van der Waals surface area contributed by atoms with Gasteiger partial charge in [-0.3, -0.25) is 4.79 Å². The van der Waals surface area contributed by atoms with Crippen molar-refractivity contribution < 1.29 is 9.53 Å². The largest absolute Gasteiger partial charge is 0.497 e. The van der Waals surface area contributed by atoms with Gasteiger partial charge >= 0.3 is 0 Å². The van der Waals surface area contributed by atoms with Gasteiger partial charge in [-0.2, -0.15) is 0 Å². The fourth-order valence-electron chi connectivity index (χ4n) is 1.78. The second-order valence-electron chi connectivity index (χ2n) is 4.20. The first-order valence-electron chi connectivity index (χ1n) is 5.40. The van der Waals surface area contributed by atoms with Crippen LogP contribution in [0.15, 0.2) is 30.0 Å². The van der Waals surface area contributed by atoms with Crippen LogP contribution in [0.25, 0.3) is 12.2 Å². The number of carbonyl (C=O) groups excluding carboxylic acids is 1. The smallest absolute Gasteiger partial charge is 0.187 e. The molecule has 1 aromatic rings. The highest BCUT2D eigenvalue weighted by Crippen LogP contribution is 2.07. The molecule has 0 saturated carbocycles. The first-order chi connectivity index (χ1) is 8.10. The van der Waals surface area contributed by atoms with Crippen LogP contribution in [0.1, 0.15) is 0 Å².